The number of hydrogen-bond donors (Lipinski definition) is 1. The molecule has 0 saturated carbocycles. The van der Waals surface area contributed by atoms with Crippen LogP contribution in [0.15, 0.2) is 16.6 Å². The van der Waals surface area contributed by atoms with E-state index in [0.717, 1.165) is 32.8 Å². The van der Waals surface area contributed by atoms with E-state index < -0.39 is 0 Å². The average molecular weight is 310 g/mol. The number of benzene rings is 1. The van der Waals surface area contributed by atoms with Crippen LogP contribution in [0.2, 0.25) is 0 Å². The summed E-state index contributed by atoms with van der Waals surface area (Å²) in [4.78, 5) is 0. The van der Waals surface area contributed by atoms with Crippen LogP contribution in [-0.4, -0.2) is 16.6 Å². The summed E-state index contributed by atoms with van der Waals surface area (Å²) in [5.41, 5.74) is 8.63. The van der Waals surface area contributed by atoms with Crippen LogP contribution < -0.4 is 15.2 Å². The van der Waals surface area contributed by atoms with Gasteiger partial charge in [0.25, 0.3) is 0 Å². The van der Waals surface area contributed by atoms with Crippen molar-refractivity contribution in [3.63, 3.8) is 0 Å². The van der Waals surface area contributed by atoms with Gasteiger partial charge in [-0.05, 0) is 28.9 Å². The van der Waals surface area contributed by atoms with E-state index in [1.807, 2.05) is 26.1 Å². The van der Waals surface area contributed by atoms with Crippen molar-refractivity contribution >= 4 is 21.7 Å². The number of hydrogen-bond acceptors (Lipinski definition) is 4. The lowest BCUT2D eigenvalue weighted by Crippen LogP contribution is -1.96. The Hall–Kier alpha value is -1.69. The Morgan fingerprint density at radius 1 is 1.33 bits per heavy atom. The second-order valence-electron chi connectivity index (χ2n) is 4.17. The molecule has 94 valence electrons. The number of anilines is 1. The molecule has 0 bridgehead atoms. The lowest BCUT2D eigenvalue weighted by Gasteiger charge is -2.08. The number of nitrogens with two attached hydrogens (primary N) is 1. The Labute approximate surface area is 113 Å². The van der Waals surface area contributed by atoms with Crippen LogP contribution >= 0.6 is 15.9 Å². The molecule has 1 aromatic heterocycles. The summed E-state index contributed by atoms with van der Waals surface area (Å²) in [6.45, 7) is 2.24. The zero-order valence-electron chi connectivity index (χ0n) is 10.0. The molecule has 2 aromatic rings. The number of rotatable bonds is 1. The van der Waals surface area contributed by atoms with Crippen LogP contribution in [-0.2, 0) is 7.05 Å². The number of fused-ring (bicyclic) bond motifs is 1. The summed E-state index contributed by atoms with van der Waals surface area (Å²) in [7, 11) is 1.82. The predicted molar refractivity (Wildman–Crippen MR) is 71.6 cm³/mol. The lowest BCUT2D eigenvalue weighted by molar-refractivity contribution is 0.173. The van der Waals surface area contributed by atoms with E-state index in [1.165, 1.54) is 0 Å². The number of nitrogen functional groups attached to an aromatic ring is 1. The normalized spacial score (nSPS) is 13.1. The van der Waals surface area contributed by atoms with Gasteiger partial charge in [0, 0.05) is 24.2 Å². The van der Waals surface area contributed by atoms with Gasteiger partial charge in [-0.25, -0.2) is 0 Å². The predicted octanol–water partition coefficient (Wildman–Crippen LogP) is 2.47. The van der Waals surface area contributed by atoms with Gasteiger partial charge in [-0.3, -0.25) is 4.68 Å². The monoisotopic (exact) mass is 309 g/mol. The molecule has 0 spiro atoms. The minimum Gasteiger partial charge on any atom is -0.453 e. The minimum absolute atomic E-state index is 0.253. The highest BCUT2D eigenvalue weighted by Gasteiger charge is 2.23. The first-order valence-electron chi connectivity index (χ1n) is 5.46. The smallest absolute Gasteiger partial charge is 0.231 e. The highest BCUT2D eigenvalue weighted by atomic mass is 79.9. The summed E-state index contributed by atoms with van der Waals surface area (Å²) >= 11 is 3.48. The fourth-order valence-corrected chi connectivity index (χ4v) is 2.56. The van der Waals surface area contributed by atoms with Crippen molar-refractivity contribution < 1.29 is 9.47 Å². The number of nitrogens with zero attached hydrogens (tertiary/aromatic N) is 2. The maximum absolute atomic E-state index is 5.81. The lowest BCUT2D eigenvalue weighted by atomic mass is 10.0. The first-order chi connectivity index (χ1) is 8.58. The summed E-state index contributed by atoms with van der Waals surface area (Å²) in [6.07, 6.45) is 0. The van der Waals surface area contributed by atoms with Crippen LogP contribution in [0.1, 0.15) is 5.56 Å². The zero-order chi connectivity index (χ0) is 12.9. The van der Waals surface area contributed by atoms with Gasteiger partial charge in [-0.15, -0.1) is 0 Å². The number of aryl methyl sites for hydroxylation is 1. The van der Waals surface area contributed by atoms with Crippen molar-refractivity contribution in [1.29, 1.82) is 0 Å². The van der Waals surface area contributed by atoms with E-state index in [9.17, 15) is 0 Å². The first kappa shape index (κ1) is 11.4. The van der Waals surface area contributed by atoms with Crippen LogP contribution in [0.25, 0.3) is 11.3 Å². The van der Waals surface area contributed by atoms with Gasteiger partial charge in [0.05, 0.1) is 10.2 Å². The third-order valence-electron chi connectivity index (χ3n) is 3.04. The molecular weight excluding hydrogens is 298 g/mol. The molecule has 18 heavy (non-hydrogen) atoms. The van der Waals surface area contributed by atoms with E-state index >= 15 is 0 Å². The van der Waals surface area contributed by atoms with Crippen LogP contribution in [0.3, 0.4) is 0 Å². The summed E-state index contributed by atoms with van der Waals surface area (Å²) < 4.78 is 13.4. The van der Waals surface area contributed by atoms with Crippen molar-refractivity contribution in [1.82, 2.24) is 9.78 Å². The second-order valence-corrected chi connectivity index (χ2v) is 5.03. The van der Waals surface area contributed by atoms with E-state index in [0.29, 0.717) is 5.82 Å². The molecule has 1 aromatic carbocycles. The first-order valence-corrected chi connectivity index (χ1v) is 6.26. The van der Waals surface area contributed by atoms with Crippen LogP contribution in [0.4, 0.5) is 5.82 Å². The molecule has 3 rings (SSSR count). The molecule has 5 nitrogen and oxygen atoms in total. The highest BCUT2D eigenvalue weighted by Crippen LogP contribution is 2.45. The standard InChI is InChI=1S/C12H12BrN3O2/c1-6-7(9-4-10(14)16(2)15-9)3-8(13)12-11(6)17-5-18-12/h3-4H,5,14H2,1-2H3. The van der Waals surface area contributed by atoms with Crippen molar-refractivity contribution in [3.8, 4) is 22.8 Å². The largest absolute Gasteiger partial charge is 0.453 e. The van der Waals surface area contributed by atoms with E-state index in [4.69, 9.17) is 15.2 Å². The van der Waals surface area contributed by atoms with Crippen molar-refractivity contribution in [2.45, 2.75) is 6.92 Å². The van der Waals surface area contributed by atoms with E-state index in [2.05, 4.69) is 21.0 Å². The van der Waals surface area contributed by atoms with Crippen LogP contribution in [0, 0.1) is 6.92 Å². The maximum atomic E-state index is 5.81. The Balaban J connectivity index is 2.21. The van der Waals surface area contributed by atoms with E-state index in [1.54, 1.807) is 4.68 Å². The Morgan fingerprint density at radius 3 is 2.72 bits per heavy atom. The third-order valence-corrected chi connectivity index (χ3v) is 3.63. The molecule has 0 radical (unpaired) electrons. The molecule has 0 aliphatic carbocycles. The fourth-order valence-electron chi connectivity index (χ4n) is 2.04. The van der Waals surface area contributed by atoms with Crippen molar-refractivity contribution in [3.05, 3.63) is 22.2 Å². The van der Waals surface area contributed by atoms with Gasteiger partial charge >= 0.3 is 0 Å². The SMILES string of the molecule is Cc1c(-c2cc(N)n(C)n2)cc(Br)c2c1OCO2. The van der Waals surface area contributed by atoms with E-state index in [-0.39, 0.29) is 6.79 Å². The topological polar surface area (TPSA) is 62.3 Å². The molecule has 2 N–H and O–H groups in total. The maximum Gasteiger partial charge on any atom is 0.231 e. The Morgan fingerprint density at radius 2 is 2.06 bits per heavy atom. The molecule has 2 heterocycles. The van der Waals surface area contributed by atoms with Gasteiger partial charge in [-0.1, -0.05) is 0 Å². The zero-order valence-corrected chi connectivity index (χ0v) is 11.6. The van der Waals surface area contributed by atoms with Gasteiger partial charge in [0.1, 0.15) is 5.82 Å². The molecule has 0 saturated heterocycles. The van der Waals surface area contributed by atoms with Gasteiger partial charge in [0.15, 0.2) is 11.5 Å². The molecule has 1 aliphatic rings. The molecule has 6 heteroatoms. The van der Waals surface area contributed by atoms with Gasteiger partial charge in [0.2, 0.25) is 6.79 Å². The summed E-state index contributed by atoms with van der Waals surface area (Å²) in [5.74, 6) is 2.14. The Bertz CT molecular complexity index is 617. The van der Waals surface area contributed by atoms with Gasteiger partial charge in [-0.2, -0.15) is 5.10 Å². The number of ether oxygens (including phenoxy) is 2. The number of aromatic nitrogens is 2. The third kappa shape index (κ3) is 1.56. The molecule has 0 amide bonds. The summed E-state index contributed by atoms with van der Waals surface area (Å²) in [5, 5.41) is 4.38. The van der Waals surface area contributed by atoms with Gasteiger partial charge < -0.3 is 15.2 Å². The minimum atomic E-state index is 0.253. The molecule has 0 atom stereocenters. The van der Waals surface area contributed by atoms with Crippen LogP contribution in [0.5, 0.6) is 11.5 Å². The molecule has 1 aliphatic heterocycles. The summed E-state index contributed by atoms with van der Waals surface area (Å²) in [6, 6.07) is 3.82. The second kappa shape index (κ2) is 3.91. The fraction of sp³-hybridized carbons (Fsp3) is 0.250. The van der Waals surface area contributed by atoms with Crippen molar-refractivity contribution in [2.24, 2.45) is 7.05 Å². The molecular formula is C12H12BrN3O2. The highest BCUT2D eigenvalue weighted by molar-refractivity contribution is 9.10. The molecule has 0 unspecified atom stereocenters. The quantitative estimate of drug-likeness (QED) is 0.879. The number of halogens is 1. The molecule has 0 fully saturated rings. The average Bonchev–Trinajstić information content (AvgIpc) is 2.92. The Kier molecular flexibility index (Phi) is 2.48. The van der Waals surface area contributed by atoms with Crippen molar-refractivity contribution in [2.75, 3.05) is 12.5 Å².